The van der Waals surface area contributed by atoms with Crippen LogP contribution in [0, 0.1) is 0 Å². The smallest absolute Gasteiger partial charge is 0.353 e. The quantitative estimate of drug-likeness (QED) is 0.220. The molecule has 1 aromatic heterocycles. The Morgan fingerprint density at radius 1 is 0.944 bits per heavy atom. The summed E-state index contributed by atoms with van der Waals surface area (Å²) in [6.45, 7) is 2.87. The van der Waals surface area contributed by atoms with Crippen LogP contribution in [-0.4, -0.2) is 23.0 Å². The van der Waals surface area contributed by atoms with Crippen molar-refractivity contribution in [3.05, 3.63) is 94.1 Å². The molecule has 0 bridgehead atoms. The first kappa shape index (κ1) is 29.4. The zero-order chi connectivity index (χ0) is 27.1. The minimum Gasteiger partial charge on any atom is -0.353 e. The van der Waals surface area contributed by atoms with Gasteiger partial charge in [0.1, 0.15) is 0 Å². The van der Waals surface area contributed by atoms with Crippen LogP contribution in [0.4, 0.5) is 32.0 Å². The highest BCUT2D eigenvalue weighted by Gasteiger charge is 2.44. The predicted molar refractivity (Wildman–Crippen MR) is 123 cm³/mol. The maximum absolute atomic E-state index is 12.6. The lowest BCUT2D eigenvalue weighted by Crippen LogP contribution is -2.21. The largest absolute Gasteiger partial charge is 0.522 e. The van der Waals surface area contributed by atoms with E-state index in [1.807, 2.05) is 54.2 Å². The Balaban J connectivity index is 0.000000493. The predicted octanol–water partition coefficient (Wildman–Crippen LogP) is 6.59. The van der Waals surface area contributed by atoms with Gasteiger partial charge in [-0.05, 0) is 61.2 Å². The maximum atomic E-state index is 12.6. The molecule has 1 N–H and O–H groups in total. The zero-order valence-electron chi connectivity index (χ0n) is 18.7. The molecule has 1 heterocycles. The van der Waals surface area contributed by atoms with Gasteiger partial charge in [-0.3, -0.25) is 4.55 Å². The fourth-order valence-corrected chi connectivity index (χ4v) is 3.09. The van der Waals surface area contributed by atoms with E-state index in [-0.39, 0.29) is 0 Å². The van der Waals surface area contributed by atoms with Crippen molar-refractivity contribution in [3.63, 3.8) is 0 Å². The molecule has 0 radical (unpaired) electrons. The molecule has 13 heteroatoms. The lowest BCUT2D eigenvalue weighted by molar-refractivity contribution is -0.137. The van der Waals surface area contributed by atoms with Crippen LogP contribution in [-0.2, 0) is 35.7 Å². The Bertz CT molecular complexity index is 1340. The van der Waals surface area contributed by atoms with Crippen LogP contribution in [0.5, 0.6) is 0 Å². The van der Waals surface area contributed by atoms with Crippen LogP contribution in [0.2, 0.25) is 5.02 Å². The summed E-state index contributed by atoms with van der Waals surface area (Å²) in [6, 6.07) is 15.0. The fraction of sp³-hybridized carbons (Fsp3) is 0.261. The number of nitrogens with zero attached hydrogens (tertiary/aromatic N) is 2. The lowest BCUT2D eigenvalue weighted by atomic mass is 10.0. The Morgan fingerprint density at radius 3 is 2.03 bits per heavy atom. The Labute approximate surface area is 208 Å². The van der Waals surface area contributed by atoms with Gasteiger partial charge in [0.2, 0.25) is 0 Å². The highest BCUT2D eigenvalue weighted by atomic mass is 35.5. The van der Waals surface area contributed by atoms with E-state index in [0.717, 1.165) is 35.5 Å². The summed E-state index contributed by atoms with van der Waals surface area (Å²) < 4.78 is 97.4. The summed E-state index contributed by atoms with van der Waals surface area (Å²) in [7, 11) is -5.84. The molecule has 0 aliphatic rings. The summed E-state index contributed by atoms with van der Waals surface area (Å²) >= 11 is 6.29. The van der Waals surface area contributed by atoms with Crippen LogP contribution in [0.1, 0.15) is 23.6 Å². The molecule has 0 aliphatic carbocycles. The molecular weight excluding hydrogens is 534 g/mol. The molecule has 3 aromatic rings. The number of pyridine rings is 1. The van der Waals surface area contributed by atoms with Gasteiger partial charge in [0, 0.05) is 18.9 Å². The normalized spacial score (nSPS) is 12.8. The van der Waals surface area contributed by atoms with E-state index in [0.29, 0.717) is 23.2 Å². The number of rotatable bonds is 5. The molecule has 0 spiro atoms. The van der Waals surface area contributed by atoms with Crippen molar-refractivity contribution in [1.29, 1.82) is 0 Å². The van der Waals surface area contributed by atoms with E-state index in [9.17, 15) is 26.3 Å². The van der Waals surface area contributed by atoms with Crippen LogP contribution >= 0.6 is 11.6 Å². The summed E-state index contributed by atoms with van der Waals surface area (Å²) in [5.41, 5.74) is -3.43. The summed E-state index contributed by atoms with van der Waals surface area (Å²) in [4.78, 5) is 4.60. The van der Waals surface area contributed by atoms with Crippen molar-refractivity contribution >= 4 is 27.4 Å². The number of halogens is 7. The Hall–Kier alpha value is -2.83. The van der Waals surface area contributed by atoms with Gasteiger partial charge in [-0.15, -0.1) is 0 Å². The molecule has 0 atom stereocenters. The standard InChI is InChI=1S/C22H20ClF3N2.CHF3O3S/c1-2-28-13-12-21(20(23)15-28)27-19-5-3-4-17(14-19)7-6-16-8-10-18(11-9-16)22(24,25)26;2-1(3,4)8(5,6)7/h3-5,8-15H,2,6-7H2,1H3;(H,5,6,7). The van der Waals surface area contributed by atoms with Crippen molar-refractivity contribution in [1.82, 2.24) is 4.57 Å². The minimum absolute atomic E-state index is 0.583. The third-order valence-corrected chi connectivity index (χ3v) is 5.63. The van der Waals surface area contributed by atoms with E-state index in [1.54, 1.807) is 0 Å². The Morgan fingerprint density at radius 2 is 1.53 bits per heavy atom. The van der Waals surface area contributed by atoms with Crippen molar-refractivity contribution in [2.75, 3.05) is 0 Å². The summed E-state index contributed by atoms with van der Waals surface area (Å²) in [5.74, 6) is 0. The monoisotopic (exact) mass is 554 g/mol. The fourth-order valence-electron chi connectivity index (χ4n) is 2.86. The molecule has 196 valence electrons. The average molecular weight is 555 g/mol. The maximum Gasteiger partial charge on any atom is 0.522 e. The van der Waals surface area contributed by atoms with Gasteiger partial charge in [-0.25, -0.2) is 4.99 Å². The molecule has 0 saturated carbocycles. The molecular formula is C23H21ClF6N2O3S. The van der Waals surface area contributed by atoms with Crippen LogP contribution in [0.3, 0.4) is 0 Å². The molecule has 0 fully saturated rings. The second-order valence-corrected chi connectivity index (χ2v) is 9.23. The molecule has 0 aliphatic heterocycles. The van der Waals surface area contributed by atoms with Crippen molar-refractivity contribution in [2.45, 2.75) is 38.0 Å². The van der Waals surface area contributed by atoms with E-state index >= 15 is 0 Å². The minimum atomic E-state index is -5.84. The zero-order valence-corrected chi connectivity index (χ0v) is 20.3. The topological polar surface area (TPSA) is 71.7 Å². The van der Waals surface area contributed by atoms with Crippen molar-refractivity contribution < 1.29 is 39.3 Å². The van der Waals surface area contributed by atoms with Crippen molar-refractivity contribution in [2.24, 2.45) is 4.99 Å². The van der Waals surface area contributed by atoms with Crippen LogP contribution in [0.25, 0.3) is 0 Å². The van der Waals surface area contributed by atoms with E-state index in [2.05, 4.69) is 4.99 Å². The van der Waals surface area contributed by atoms with Gasteiger partial charge < -0.3 is 4.57 Å². The van der Waals surface area contributed by atoms with E-state index in [1.165, 1.54) is 12.1 Å². The highest BCUT2D eigenvalue weighted by molar-refractivity contribution is 7.86. The number of benzene rings is 2. The molecule has 3 rings (SSSR count). The van der Waals surface area contributed by atoms with Crippen LogP contribution < -0.4 is 5.36 Å². The van der Waals surface area contributed by atoms with Gasteiger partial charge in [-0.2, -0.15) is 34.8 Å². The highest BCUT2D eigenvalue weighted by Crippen LogP contribution is 2.29. The van der Waals surface area contributed by atoms with Gasteiger partial charge in [0.05, 0.1) is 21.6 Å². The number of aromatic nitrogens is 1. The first-order valence-corrected chi connectivity index (χ1v) is 12.1. The average Bonchev–Trinajstić information content (AvgIpc) is 2.78. The molecule has 0 unspecified atom stereocenters. The van der Waals surface area contributed by atoms with Crippen LogP contribution in [0.15, 0.2) is 72.0 Å². The third-order valence-electron chi connectivity index (χ3n) is 4.75. The number of alkyl halides is 6. The number of aryl methyl sites for hydroxylation is 3. The number of hydrogen-bond acceptors (Lipinski definition) is 3. The second-order valence-electron chi connectivity index (χ2n) is 7.41. The SMILES string of the molecule is CCn1ccc(=Nc2cccc(CCc3ccc(C(F)(F)F)cc3)c2)c(Cl)c1.O=S(=O)(O)C(F)(F)F. The van der Waals surface area contributed by atoms with Gasteiger partial charge in [0.25, 0.3) is 0 Å². The second kappa shape index (κ2) is 11.9. The first-order valence-electron chi connectivity index (χ1n) is 10.3. The van der Waals surface area contributed by atoms with E-state index < -0.39 is 27.4 Å². The molecule has 0 amide bonds. The first-order chi connectivity index (χ1) is 16.6. The van der Waals surface area contributed by atoms with Crippen molar-refractivity contribution in [3.8, 4) is 0 Å². The Kier molecular flexibility index (Phi) is 9.75. The summed E-state index contributed by atoms with van der Waals surface area (Å²) in [6.07, 6.45) is 0.842. The van der Waals surface area contributed by atoms with Gasteiger partial charge in [0.15, 0.2) is 0 Å². The van der Waals surface area contributed by atoms with Gasteiger partial charge >= 0.3 is 21.8 Å². The number of hydrogen-bond donors (Lipinski definition) is 1. The lowest BCUT2D eigenvalue weighted by Gasteiger charge is -2.08. The molecule has 5 nitrogen and oxygen atoms in total. The molecule has 36 heavy (non-hydrogen) atoms. The molecule has 0 saturated heterocycles. The third kappa shape index (κ3) is 8.99. The van der Waals surface area contributed by atoms with Gasteiger partial charge in [-0.1, -0.05) is 35.9 Å². The molecule has 2 aromatic carbocycles. The summed E-state index contributed by atoms with van der Waals surface area (Å²) in [5, 5.41) is 1.28. The van der Waals surface area contributed by atoms with E-state index in [4.69, 9.17) is 24.6 Å².